The maximum absolute atomic E-state index is 12.0. The Morgan fingerprint density at radius 3 is 2.29 bits per heavy atom. The Labute approximate surface area is 85.7 Å². The Morgan fingerprint density at radius 1 is 1.36 bits per heavy atom. The number of carbonyl (C=O) groups is 1. The van der Waals surface area contributed by atoms with Gasteiger partial charge in [0.05, 0.1) is 6.61 Å². The summed E-state index contributed by atoms with van der Waals surface area (Å²) in [5.74, 6) is 0.0729. The SMILES string of the molecule is CC(C)N(C(=O)C1C=CCO1)C(C)C. The molecule has 1 aliphatic rings. The van der Waals surface area contributed by atoms with E-state index in [0.717, 1.165) is 0 Å². The highest BCUT2D eigenvalue weighted by atomic mass is 16.5. The van der Waals surface area contributed by atoms with Gasteiger partial charge in [-0.25, -0.2) is 0 Å². The molecule has 3 heteroatoms. The smallest absolute Gasteiger partial charge is 0.256 e. The van der Waals surface area contributed by atoms with Crippen molar-refractivity contribution in [1.29, 1.82) is 0 Å². The zero-order valence-electron chi connectivity index (χ0n) is 9.36. The highest BCUT2D eigenvalue weighted by molar-refractivity contribution is 5.83. The van der Waals surface area contributed by atoms with Gasteiger partial charge in [0.1, 0.15) is 0 Å². The lowest BCUT2D eigenvalue weighted by molar-refractivity contribution is -0.143. The van der Waals surface area contributed by atoms with Gasteiger partial charge in [0.15, 0.2) is 6.10 Å². The minimum atomic E-state index is -0.361. The lowest BCUT2D eigenvalue weighted by Crippen LogP contribution is -2.46. The van der Waals surface area contributed by atoms with Crippen molar-refractivity contribution in [3.63, 3.8) is 0 Å². The van der Waals surface area contributed by atoms with E-state index < -0.39 is 0 Å². The van der Waals surface area contributed by atoms with Crippen LogP contribution in [-0.4, -0.2) is 35.6 Å². The largest absolute Gasteiger partial charge is 0.360 e. The highest BCUT2D eigenvalue weighted by Crippen LogP contribution is 2.13. The molecular formula is C11H19NO2. The third-order valence-electron chi connectivity index (χ3n) is 2.29. The van der Waals surface area contributed by atoms with Crippen LogP contribution in [0.4, 0.5) is 0 Å². The number of hydrogen-bond donors (Lipinski definition) is 0. The van der Waals surface area contributed by atoms with Gasteiger partial charge >= 0.3 is 0 Å². The molecule has 0 bridgehead atoms. The molecule has 14 heavy (non-hydrogen) atoms. The fourth-order valence-electron chi connectivity index (χ4n) is 1.80. The van der Waals surface area contributed by atoms with Gasteiger partial charge < -0.3 is 9.64 Å². The van der Waals surface area contributed by atoms with Crippen molar-refractivity contribution in [2.24, 2.45) is 0 Å². The van der Waals surface area contributed by atoms with E-state index in [1.165, 1.54) is 0 Å². The molecule has 0 radical (unpaired) electrons. The second kappa shape index (κ2) is 4.60. The van der Waals surface area contributed by atoms with Crippen LogP contribution in [0.15, 0.2) is 12.2 Å². The number of amides is 1. The van der Waals surface area contributed by atoms with E-state index in [1.54, 1.807) is 0 Å². The van der Waals surface area contributed by atoms with E-state index in [9.17, 15) is 4.79 Å². The molecule has 1 atom stereocenters. The highest BCUT2D eigenvalue weighted by Gasteiger charge is 2.28. The Hall–Kier alpha value is -0.830. The average Bonchev–Trinajstić information content (AvgIpc) is 2.53. The van der Waals surface area contributed by atoms with Crippen molar-refractivity contribution in [1.82, 2.24) is 4.90 Å². The first-order valence-corrected chi connectivity index (χ1v) is 5.14. The normalized spacial score (nSPS) is 20.9. The summed E-state index contributed by atoms with van der Waals surface area (Å²) in [5, 5.41) is 0. The molecule has 1 amide bonds. The van der Waals surface area contributed by atoms with Crippen LogP contribution in [0.5, 0.6) is 0 Å². The number of nitrogens with zero attached hydrogens (tertiary/aromatic N) is 1. The van der Waals surface area contributed by atoms with Crippen molar-refractivity contribution in [3.05, 3.63) is 12.2 Å². The lowest BCUT2D eigenvalue weighted by Gasteiger charge is -2.32. The Kier molecular flexibility index (Phi) is 3.69. The van der Waals surface area contributed by atoms with Crippen LogP contribution >= 0.6 is 0 Å². The van der Waals surface area contributed by atoms with Gasteiger partial charge in [0, 0.05) is 12.1 Å². The molecule has 0 saturated heterocycles. The van der Waals surface area contributed by atoms with Gasteiger partial charge in [-0.3, -0.25) is 4.79 Å². The standard InChI is InChI=1S/C11H19NO2/c1-8(2)12(9(3)4)11(13)10-6-5-7-14-10/h5-6,8-10H,7H2,1-4H3. The maximum atomic E-state index is 12.0. The Balaban J connectivity index is 2.68. The first-order valence-electron chi connectivity index (χ1n) is 5.14. The van der Waals surface area contributed by atoms with Gasteiger partial charge in [0.25, 0.3) is 5.91 Å². The molecule has 0 fully saturated rings. The number of hydrogen-bond acceptors (Lipinski definition) is 2. The first-order chi connectivity index (χ1) is 6.54. The predicted octanol–water partition coefficient (Wildman–Crippen LogP) is 1.59. The van der Waals surface area contributed by atoms with Crippen LogP contribution < -0.4 is 0 Å². The maximum Gasteiger partial charge on any atom is 0.256 e. The number of ether oxygens (including phenoxy) is 1. The summed E-state index contributed by atoms with van der Waals surface area (Å²) in [4.78, 5) is 13.8. The van der Waals surface area contributed by atoms with E-state index in [-0.39, 0.29) is 24.1 Å². The molecule has 1 rings (SSSR count). The fraction of sp³-hybridized carbons (Fsp3) is 0.727. The summed E-state index contributed by atoms with van der Waals surface area (Å²) in [6.45, 7) is 8.65. The Morgan fingerprint density at radius 2 is 1.93 bits per heavy atom. The van der Waals surface area contributed by atoms with Crippen molar-refractivity contribution in [3.8, 4) is 0 Å². The zero-order valence-corrected chi connectivity index (χ0v) is 9.36. The van der Waals surface area contributed by atoms with Crippen LogP contribution in [0.25, 0.3) is 0 Å². The molecule has 0 aromatic rings. The predicted molar refractivity (Wildman–Crippen MR) is 56.0 cm³/mol. The summed E-state index contributed by atoms with van der Waals surface area (Å²) in [5.41, 5.74) is 0. The van der Waals surface area contributed by atoms with Crippen molar-refractivity contribution in [2.75, 3.05) is 6.61 Å². The summed E-state index contributed by atoms with van der Waals surface area (Å²) in [7, 11) is 0. The summed E-state index contributed by atoms with van der Waals surface area (Å²) >= 11 is 0. The van der Waals surface area contributed by atoms with Gasteiger partial charge in [0.2, 0.25) is 0 Å². The molecule has 0 spiro atoms. The van der Waals surface area contributed by atoms with Crippen LogP contribution in [0, 0.1) is 0 Å². The molecular weight excluding hydrogens is 178 g/mol. The number of rotatable bonds is 3. The van der Waals surface area contributed by atoms with Gasteiger partial charge in [-0.2, -0.15) is 0 Å². The van der Waals surface area contributed by atoms with Crippen LogP contribution in [-0.2, 0) is 9.53 Å². The topological polar surface area (TPSA) is 29.5 Å². The quantitative estimate of drug-likeness (QED) is 0.643. The van der Waals surface area contributed by atoms with Crippen molar-refractivity contribution < 1.29 is 9.53 Å². The fourth-order valence-corrected chi connectivity index (χ4v) is 1.80. The minimum absolute atomic E-state index is 0.0729. The molecule has 3 nitrogen and oxygen atoms in total. The first kappa shape index (κ1) is 11.2. The minimum Gasteiger partial charge on any atom is -0.360 e. The number of carbonyl (C=O) groups excluding carboxylic acids is 1. The molecule has 0 aromatic carbocycles. The third kappa shape index (κ3) is 2.35. The molecule has 1 unspecified atom stereocenters. The summed E-state index contributed by atoms with van der Waals surface area (Å²) < 4.78 is 5.29. The van der Waals surface area contributed by atoms with Gasteiger partial charge in [-0.1, -0.05) is 6.08 Å². The summed E-state index contributed by atoms with van der Waals surface area (Å²) in [6, 6.07) is 0.445. The zero-order chi connectivity index (χ0) is 10.7. The van der Waals surface area contributed by atoms with Crippen molar-refractivity contribution >= 4 is 5.91 Å². The summed E-state index contributed by atoms with van der Waals surface area (Å²) in [6.07, 6.45) is 3.36. The molecule has 1 aliphatic heterocycles. The lowest BCUT2D eigenvalue weighted by atomic mass is 10.2. The van der Waals surface area contributed by atoms with Crippen LogP contribution in [0.1, 0.15) is 27.7 Å². The van der Waals surface area contributed by atoms with Gasteiger partial charge in [-0.15, -0.1) is 0 Å². The molecule has 80 valence electrons. The molecule has 0 aliphatic carbocycles. The average molecular weight is 197 g/mol. The van der Waals surface area contributed by atoms with E-state index in [1.807, 2.05) is 44.7 Å². The third-order valence-corrected chi connectivity index (χ3v) is 2.29. The Bertz CT molecular complexity index is 225. The second-order valence-corrected chi connectivity index (χ2v) is 4.12. The molecule has 0 aromatic heterocycles. The van der Waals surface area contributed by atoms with E-state index in [0.29, 0.717) is 6.61 Å². The second-order valence-electron chi connectivity index (χ2n) is 4.12. The van der Waals surface area contributed by atoms with E-state index in [4.69, 9.17) is 4.74 Å². The van der Waals surface area contributed by atoms with E-state index in [2.05, 4.69) is 0 Å². The van der Waals surface area contributed by atoms with Crippen LogP contribution in [0.3, 0.4) is 0 Å². The molecule has 1 heterocycles. The monoisotopic (exact) mass is 197 g/mol. The molecule has 0 saturated carbocycles. The van der Waals surface area contributed by atoms with Gasteiger partial charge in [-0.05, 0) is 33.8 Å². The van der Waals surface area contributed by atoms with Crippen molar-refractivity contribution in [2.45, 2.75) is 45.9 Å². The van der Waals surface area contributed by atoms with E-state index >= 15 is 0 Å². The molecule has 0 N–H and O–H groups in total. The van der Waals surface area contributed by atoms with Crippen LogP contribution in [0.2, 0.25) is 0 Å².